The van der Waals surface area contributed by atoms with E-state index in [1.807, 2.05) is 43.3 Å². The molecule has 0 fully saturated rings. The Balaban J connectivity index is 2.03. The first kappa shape index (κ1) is 22.3. The summed E-state index contributed by atoms with van der Waals surface area (Å²) in [5.41, 5.74) is 0.948. The zero-order chi connectivity index (χ0) is 20.9. The lowest BCUT2D eigenvalue weighted by molar-refractivity contribution is -0.150. The number of benzene rings is 2. The van der Waals surface area contributed by atoms with Crippen LogP contribution in [0.1, 0.15) is 52.2 Å². The molecule has 0 aliphatic rings. The molecule has 0 bridgehead atoms. The molecule has 2 aromatic rings. The average molecular weight is 401 g/mol. The molecule has 0 saturated heterocycles. The second kappa shape index (κ2) is 9.01. The van der Waals surface area contributed by atoms with Crippen molar-refractivity contribution < 1.29 is 18.8 Å². The number of hydrogen-bond acceptors (Lipinski definition) is 4. The van der Waals surface area contributed by atoms with E-state index in [0.29, 0.717) is 0 Å². The van der Waals surface area contributed by atoms with Crippen molar-refractivity contribution in [1.29, 1.82) is 0 Å². The van der Waals surface area contributed by atoms with Crippen molar-refractivity contribution in [2.45, 2.75) is 70.9 Å². The van der Waals surface area contributed by atoms with Crippen LogP contribution in [0.3, 0.4) is 0 Å². The molecule has 2 aromatic carbocycles. The van der Waals surface area contributed by atoms with Gasteiger partial charge >= 0.3 is 5.97 Å². The summed E-state index contributed by atoms with van der Waals surface area (Å²) in [4.78, 5) is 23.6. The van der Waals surface area contributed by atoms with Gasteiger partial charge in [0.05, 0.1) is 12.5 Å². The maximum absolute atomic E-state index is 12.5. The Morgan fingerprint density at radius 3 is 2.36 bits per heavy atom. The largest absolute Gasteiger partial charge is 0.458 e. The normalized spacial score (nSPS) is 14.5. The predicted octanol–water partition coefficient (Wildman–Crippen LogP) is 5.81. The Morgan fingerprint density at radius 2 is 1.75 bits per heavy atom. The fourth-order valence-corrected chi connectivity index (χ4v) is 4.20. The molecule has 0 spiro atoms. The van der Waals surface area contributed by atoms with Crippen molar-refractivity contribution in [3.05, 3.63) is 48.0 Å². The van der Waals surface area contributed by atoms with Gasteiger partial charge in [-0.25, -0.2) is 0 Å². The minimum atomic E-state index is -2.07. The zero-order valence-electron chi connectivity index (χ0n) is 17.8. The van der Waals surface area contributed by atoms with E-state index in [4.69, 9.17) is 9.16 Å². The molecule has 0 aliphatic carbocycles. The fourth-order valence-electron chi connectivity index (χ4n) is 2.83. The first-order chi connectivity index (χ1) is 13.0. The van der Waals surface area contributed by atoms with Crippen LogP contribution >= 0.6 is 0 Å². The number of esters is 1. The number of hydrogen-bond donors (Lipinski definition) is 0. The van der Waals surface area contributed by atoms with Gasteiger partial charge in [-0.05, 0) is 47.5 Å². The third-order valence-corrected chi connectivity index (χ3v) is 10.1. The third-order valence-electron chi connectivity index (χ3n) is 5.57. The van der Waals surface area contributed by atoms with Crippen LogP contribution in [0.15, 0.2) is 42.5 Å². The van der Waals surface area contributed by atoms with E-state index in [1.165, 1.54) is 0 Å². The summed E-state index contributed by atoms with van der Waals surface area (Å²) in [5.74, 6) is -0.341. The molecule has 0 heterocycles. The van der Waals surface area contributed by atoms with Crippen molar-refractivity contribution in [2.24, 2.45) is 0 Å². The van der Waals surface area contributed by atoms with Gasteiger partial charge in [-0.1, -0.05) is 57.2 Å². The van der Waals surface area contributed by atoms with Crippen LogP contribution in [0.4, 0.5) is 0 Å². The molecule has 152 valence electrons. The van der Waals surface area contributed by atoms with E-state index in [1.54, 1.807) is 0 Å². The molecule has 5 heteroatoms. The molecule has 28 heavy (non-hydrogen) atoms. The summed E-state index contributed by atoms with van der Waals surface area (Å²) in [5, 5.41) is 2.28. The highest BCUT2D eigenvalue weighted by atomic mass is 28.4. The smallest absolute Gasteiger partial charge is 0.308 e. The fraction of sp³-hybridized carbons (Fsp3) is 0.478. The SMILES string of the molecule is C[C@@H](OC(=O)C[C@@H](CC=O)O[Si](C)(C)C(C)(C)C)c1ccc2ccccc2c1. The quantitative estimate of drug-likeness (QED) is 0.318. The average Bonchev–Trinajstić information content (AvgIpc) is 2.60. The van der Waals surface area contributed by atoms with E-state index >= 15 is 0 Å². The molecule has 0 aliphatic heterocycles. The molecule has 2 atom stereocenters. The summed E-state index contributed by atoms with van der Waals surface area (Å²) < 4.78 is 11.9. The predicted molar refractivity (Wildman–Crippen MR) is 116 cm³/mol. The highest BCUT2D eigenvalue weighted by Gasteiger charge is 2.39. The van der Waals surface area contributed by atoms with Gasteiger partial charge in [0.25, 0.3) is 0 Å². The monoisotopic (exact) mass is 400 g/mol. The van der Waals surface area contributed by atoms with Crippen molar-refractivity contribution in [1.82, 2.24) is 0 Å². The maximum Gasteiger partial charge on any atom is 0.308 e. The Hall–Kier alpha value is -1.98. The number of carbonyl (C=O) groups is 2. The zero-order valence-corrected chi connectivity index (χ0v) is 18.8. The summed E-state index contributed by atoms with van der Waals surface area (Å²) in [6.07, 6.45) is 0.309. The molecule has 0 N–H and O–H groups in total. The minimum Gasteiger partial charge on any atom is -0.458 e. The molecule has 0 unspecified atom stereocenters. The second-order valence-electron chi connectivity index (χ2n) is 8.85. The molecule has 0 saturated carbocycles. The van der Waals surface area contributed by atoms with Crippen LogP contribution in [0.2, 0.25) is 18.1 Å². The van der Waals surface area contributed by atoms with Crippen molar-refractivity contribution in [3.8, 4) is 0 Å². The first-order valence-corrected chi connectivity index (χ1v) is 12.7. The van der Waals surface area contributed by atoms with Gasteiger partial charge in [-0.15, -0.1) is 0 Å². The number of ether oxygens (including phenoxy) is 1. The summed E-state index contributed by atoms with van der Waals surface area (Å²) in [6, 6.07) is 14.1. The van der Waals surface area contributed by atoms with Gasteiger partial charge in [0.1, 0.15) is 12.4 Å². The van der Waals surface area contributed by atoms with Gasteiger partial charge in [-0.3, -0.25) is 4.79 Å². The standard InChI is InChI=1S/C23H32O4Si/c1-17(19-12-11-18-9-7-8-10-20(18)15-19)26-22(25)16-21(13-14-24)27-28(5,6)23(2,3)4/h7-12,14-15,17,21H,13,16H2,1-6H3/t17-,21-/m1/s1. The Kier molecular flexibility index (Phi) is 7.18. The van der Waals surface area contributed by atoms with Crippen LogP contribution in [-0.2, 0) is 18.8 Å². The van der Waals surface area contributed by atoms with Gasteiger partial charge in [0, 0.05) is 6.42 Å². The number of carbonyl (C=O) groups excluding carboxylic acids is 2. The number of fused-ring (bicyclic) bond motifs is 1. The van der Waals surface area contributed by atoms with E-state index in [9.17, 15) is 9.59 Å². The third kappa shape index (κ3) is 5.76. The minimum absolute atomic E-state index is 0.0103. The lowest BCUT2D eigenvalue weighted by atomic mass is 10.0. The van der Waals surface area contributed by atoms with Crippen molar-refractivity contribution in [3.63, 3.8) is 0 Å². The molecular formula is C23H32O4Si. The van der Waals surface area contributed by atoms with Gasteiger partial charge in [0.15, 0.2) is 8.32 Å². The van der Waals surface area contributed by atoms with Crippen molar-refractivity contribution in [2.75, 3.05) is 0 Å². The van der Waals surface area contributed by atoms with E-state index in [-0.39, 0.29) is 30.0 Å². The summed E-state index contributed by atoms with van der Waals surface area (Å²) in [7, 11) is -2.07. The van der Waals surface area contributed by atoms with Crippen LogP contribution in [-0.4, -0.2) is 26.7 Å². The molecule has 0 radical (unpaired) electrons. The maximum atomic E-state index is 12.5. The second-order valence-corrected chi connectivity index (χ2v) is 13.6. The van der Waals surface area contributed by atoms with E-state index < -0.39 is 14.4 Å². The highest BCUT2D eigenvalue weighted by molar-refractivity contribution is 6.74. The topological polar surface area (TPSA) is 52.6 Å². The van der Waals surface area contributed by atoms with Crippen LogP contribution in [0, 0.1) is 0 Å². The molecular weight excluding hydrogens is 368 g/mol. The summed E-state index contributed by atoms with van der Waals surface area (Å²) in [6.45, 7) is 12.5. The van der Waals surface area contributed by atoms with Crippen molar-refractivity contribution >= 4 is 31.3 Å². The van der Waals surface area contributed by atoms with Gasteiger partial charge < -0.3 is 14.0 Å². The Bertz CT molecular complexity index is 823. The Morgan fingerprint density at radius 1 is 1.11 bits per heavy atom. The Labute approximate surface area is 169 Å². The molecule has 0 aromatic heterocycles. The van der Waals surface area contributed by atoms with Gasteiger partial charge in [-0.2, -0.15) is 0 Å². The first-order valence-electron chi connectivity index (χ1n) is 9.83. The molecule has 4 nitrogen and oxygen atoms in total. The van der Waals surface area contributed by atoms with Crippen LogP contribution < -0.4 is 0 Å². The molecule has 0 amide bonds. The van der Waals surface area contributed by atoms with E-state index in [0.717, 1.165) is 22.6 Å². The highest BCUT2D eigenvalue weighted by Crippen LogP contribution is 2.38. The molecule has 2 rings (SSSR count). The number of aldehydes is 1. The lowest BCUT2D eigenvalue weighted by Crippen LogP contribution is -2.44. The van der Waals surface area contributed by atoms with Gasteiger partial charge in [0.2, 0.25) is 0 Å². The lowest BCUT2D eigenvalue weighted by Gasteiger charge is -2.38. The van der Waals surface area contributed by atoms with Crippen LogP contribution in [0.25, 0.3) is 10.8 Å². The van der Waals surface area contributed by atoms with Crippen LogP contribution in [0.5, 0.6) is 0 Å². The van der Waals surface area contributed by atoms with E-state index in [2.05, 4.69) is 39.9 Å². The number of rotatable bonds is 8. The summed E-state index contributed by atoms with van der Waals surface area (Å²) >= 11 is 0.